The normalized spacial score (nSPS) is 13.7. The van der Waals surface area contributed by atoms with E-state index in [1.807, 2.05) is 19.1 Å². The molecular weight excluding hydrogens is 326 g/mol. The minimum atomic E-state index is -0.0151. The number of aliphatic hydroxyl groups excluding tert-OH is 1. The van der Waals surface area contributed by atoms with Crippen molar-refractivity contribution in [2.24, 2.45) is 0 Å². The molecule has 4 rings (SSSR count). The number of anilines is 1. The molecule has 1 aromatic carbocycles. The van der Waals surface area contributed by atoms with Gasteiger partial charge in [-0.15, -0.1) is 0 Å². The molecule has 8 heteroatoms. The number of carbonyl (C=O) groups excluding carboxylic acids is 1. The van der Waals surface area contributed by atoms with Crippen LogP contribution in [0.1, 0.15) is 27.2 Å². The van der Waals surface area contributed by atoms with Gasteiger partial charge in [0, 0.05) is 17.7 Å². The van der Waals surface area contributed by atoms with E-state index in [4.69, 9.17) is 10.8 Å². The van der Waals surface area contributed by atoms with Crippen LogP contribution < -0.4 is 5.73 Å². The van der Waals surface area contributed by atoms with Crippen LogP contribution in [0.2, 0.25) is 0 Å². The average molecular weight is 343 g/mol. The fraction of sp³-hybridized carbons (Fsp3) is 0.312. The average Bonchev–Trinajstić information content (AvgIpc) is 3.21. The number of aryl methyl sites for hydroxylation is 1. The first-order valence-corrected chi connectivity index (χ1v) is 8.49. The third-order valence-electron chi connectivity index (χ3n) is 4.29. The molecule has 3 aromatic rings. The summed E-state index contributed by atoms with van der Waals surface area (Å²) in [5.41, 5.74) is 10.3. The minimum absolute atomic E-state index is 0.0151. The zero-order valence-corrected chi connectivity index (χ0v) is 14.0. The lowest BCUT2D eigenvalue weighted by Gasteiger charge is -2.16. The molecule has 0 bridgehead atoms. The number of rotatable bonds is 3. The molecule has 0 aliphatic carbocycles. The second-order valence-corrected chi connectivity index (χ2v) is 6.98. The van der Waals surface area contributed by atoms with Gasteiger partial charge in [0.2, 0.25) is 0 Å². The lowest BCUT2D eigenvalue weighted by atomic mass is 10.1. The van der Waals surface area contributed by atoms with E-state index in [0.717, 1.165) is 27.0 Å². The summed E-state index contributed by atoms with van der Waals surface area (Å²) in [5.74, 6) is -0.0151. The van der Waals surface area contributed by atoms with Crippen molar-refractivity contribution in [2.45, 2.75) is 26.6 Å². The predicted octanol–water partition coefficient (Wildman–Crippen LogP) is 1.53. The van der Waals surface area contributed by atoms with Gasteiger partial charge in [0.15, 0.2) is 5.13 Å². The summed E-state index contributed by atoms with van der Waals surface area (Å²) in [6.07, 6.45) is 1.77. The van der Waals surface area contributed by atoms with Crippen LogP contribution in [0, 0.1) is 6.92 Å². The summed E-state index contributed by atoms with van der Waals surface area (Å²) >= 11 is 1.39. The smallest absolute Gasteiger partial charge is 0.254 e. The summed E-state index contributed by atoms with van der Waals surface area (Å²) in [6.45, 7) is 3.47. The van der Waals surface area contributed by atoms with Crippen molar-refractivity contribution in [2.75, 3.05) is 12.3 Å². The number of carbonyl (C=O) groups is 1. The highest BCUT2D eigenvalue weighted by molar-refractivity contribution is 7.22. The number of benzene rings is 1. The molecule has 1 amide bonds. The Kier molecular flexibility index (Phi) is 3.50. The van der Waals surface area contributed by atoms with Crippen LogP contribution in [0.4, 0.5) is 5.13 Å². The predicted molar refractivity (Wildman–Crippen MR) is 91.7 cm³/mol. The SMILES string of the molecule is Cc1cc(C(=O)N2Cc3cnn(CCO)c3C2)cc2sc(N)nc12. The molecule has 24 heavy (non-hydrogen) atoms. The van der Waals surface area contributed by atoms with E-state index in [2.05, 4.69) is 10.1 Å². The van der Waals surface area contributed by atoms with E-state index in [9.17, 15) is 4.79 Å². The summed E-state index contributed by atoms with van der Waals surface area (Å²) in [7, 11) is 0. The fourth-order valence-corrected chi connectivity index (χ4v) is 4.01. The number of nitrogens with zero attached hydrogens (tertiary/aromatic N) is 4. The molecule has 0 saturated carbocycles. The third-order valence-corrected chi connectivity index (χ3v) is 5.12. The van der Waals surface area contributed by atoms with E-state index < -0.39 is 0 Å². The Labute approximate surface area is 142 Å². The molecular formula is C16H17N5O2S. The van der Waals surface area contributed by atoms with Crippen LogP contribution in [0.5, 0.6) is 0 Å². The molecule has 0 fully saturated rings. The van der Waals surface area contributed by atoms with Crippen LogP contribution in [-0.2, 0) is 19.6 Å². The van der Waals surface area contributed by atoms with Crippen molar-refractivity contribution in [3.05, 3.63) is 40.7 Å². The van der Waals surface area contributed by atoms with Gasteiger partial charge in [0.25, 0.3) is 5.91 Å². The number of aromatic nitrogens is 3. The molecule has 124 valence electrons. The van der Waals surface area contributed by atoms with Crippen molar-refractivity contribution >= 4 is 32.6 Å². The summed E-state index contributed by atoms with van der Waals surface area (Å²) in [4.78, 5) is 19.0. The van der Waals surface area contributed by atoms with Gasteiger partial charge < -0.3 is 15.7 Å². The van der Waals surface area contributed by atoms with Crippen molar-refractivity contribution in [1.82, 2.24) is 19.7 Å². The van der Waals surface area contributed by atoms with Crippen LogP contribution in [0.15, 0.2) is 18.3 Å². The molecule has 1 aliphatic rings. The molecule has 3 N–H and O–H groups in total. The maximum absolute atomic E-state index is 12.9. The van der Waals surface area contributed by atoms with Crippen molar-refractivity contribution in [3.63, 3.8) is 0 Å². The number of thiazole rings is 1. The molecule has 0 unspecified atom stereocenters. The van der Waals surface area contributed by atoms with Gasteiger partial charge in [-0.3, -0.25) is 9.48 Å². The quantitative estimate of drug-likeness (QED) is 0.752. The first-order chi connectivity index (χ1) is 11.6. The molecule has 0 saturated heterocycles. The highest BCUT2D eigenvalue weighted by atomic mass is 32.1. The van der Waals surface area contributed by atoms with Crippen molar-refractivity contribution in [3.8, 4) is 0 Å². The van der Waals surface area contributed by atoms with Gasteiger partial charge in [-0.2, -0.15) is 5.10 Å². The maximum Gasteiger partial charge on any atom is 0.254 e. The number of hydrogen-bond donors (Lipinski definition) is 2. The topological polar surface area (TPSA) is 97.3 Å². The molecule has 2 aromatic heterocycles. The van der Waals surface area contributed by atoms with E-state index in [1.54, 1.807) is 15.8 Å². The number of nitrogens with two attached hydrogens (primary N) is 1. The molecule has 7 nitrogen and oxygen atoms in total. The van der Waals surface area contributed by atoms with Crippen LogP contribution in [-0.4, -0.2) is 37.3 Å². The largest absolute Gasteiger partial charge is 0.394 e. The zero-order chi connectivity index (χ0) is 16.8. The molecule has 0 atom stereocenters. The lowest BCUT2D eigenvalue weighted by Crippen LogP contribution is -2.26. The highest BCUT2D eigenvalue weighted by Gasteiger charge is 2.28. The standard InChI is InChI=1S/C16H17N5O2S/c1-9-4-10(5-13-14(9)19-16(17)24-13)15(23)20-7-11-6-18-21(2-3-22)12(11)8-20/h4-6,22H,2-3,7-8H2,1H3,(H2,17,19). The molecule has 0 spiro atoms. The Bertz CT molecular complexity index is 945. The van der Waals surface area contributed by atoms with E-state index in [-0.39, 0.29) is 12.5 Å². The molecule has 0 radical (unpaired) electrons. The maximum atomic E-state index is 12.9. The van der Waals surface area contributed by atoms with Crippen molar-refractivity contribution < 1.29 is 9.90 Å². The summed E-state index contributed by atoms with van der Waals surface area (Å²) < 4.78 is 2.69. The van der Waals surface area contributed by atoms with E-state index >= 15 is 0 Å². The number of nitrogen functional groups attached to an aromatic ring is 1. The fourth-order valence-electron chi connectivity index (χ4n) is 3.16. The van der Waals surface area contributed by atoms with Crippen molar-refractivity contribution in [1.29, 1.82) is 0 Å². The Morgan fingerprint density at radius 3 is 3.04 bits per heavy atom. The van der Waals surface area contributed by atoms with Gasteiger partial charge in [0.05, 0.1) is 41.8 Å². The minimum Gasteiger partial charge on any atom is -0.394 e. The second kappa shape index (κ2) is 5.57. The van der Waals surface area contributed by atoms with Gasteiger partial charge in [-0.1, -0.05) is 11.3 Å². The summed E-state index contributed by atoms with van der Waals surface area (Å²) in [6, 6.07) is 3.73. The van der Waals surface area contributed by atoms with Crippen LogP contribution >= 0.6 is 11.3 Å². The third kappa shape index (κ3) is 2.35. The number of fused-ring (bicyclic) bond motifs is 2. The van der Waals surface area contributed by atoms with Crippen LogP contribution in [0.3, 0.4) is 0 Å². The number of aliphatic hydroxyl groups is 1. The Morgan fingerprint density at radius 2 is 2.25 bits per heavy atom. The first kappa shape index (κ1) is 15.1. The number of amides is 1. The van der Waals surface area contributed by atoms with Crippen LogP contribution in [0.25, 0.3) is 10.2 Å². The number of hydrogen-bond acceptors (Lipinski definition) is 6. The molecule has 1 aliphatic heterocycles. The van der Waals surface area contributed by atoms with E-state index in [0.29, 0.717) is 30.3 Å². The summed E-state index contributed by atoms with van der Waals surface area (Å²) in [5, 5.41) is 13.9. The van der Waals surface area contributed by atoms with E-state index in [1.165, 1.54) is 11.3 Å². The zero-order valence-electron chi connectivity index (χ0n) is 13.2. The van der Waals surface area contributed by atoms with Gasteiger partial charge in [-0.25, -0.2) is 4.98 Å². The van der Waals surface area contributed by atoms with Gasteiger partial charge in [0.1, 0.15) is 0 Å². The highest BCUT2D eigenvalue weighted by Crippen LogP contribution is 2.30. The first-order valence-electron chi connectivity index (χ1n) is 7.67. The van der Waals surface area contributed by atoms with Gasteiger partial charge in [-0.05, 0) is 24.6 Å². The molecule has 3 heterocycles. The van der Waals surface area contributed by atoms with Gasteiger partial charge >= 0.3 is 0 Å². The Balaban J connectivity index is 1.63. The Hall–Kier alpha value is -2.45. The Morgan fingerprint density at radius 1 is 1.42 bits per heavy atom. The lowest BCUT2D eigenvalue weighted by molar-refractivity contribution is 0.0748. The monoisotopic (exact) mass is 343 g/mol. The second-order valence-electron chi connectivity index (χ2n) is 5.92.